The maximum absolute atomic E-state index is 12.3. The maximum Gasteiger partial charge on any atom is 0.262 e. The SMILES string of the molecule is Cc1cccc(C(=O)Nc2ccc(NC(=O)COc3cccc(C)c3C)cc2)c1. The minimum atomic E-state index is -0.248. The third-order valence-corrected chi connectivity index (χ3v) is 4.62. The molecule has 5 heteroatoms. The Balaban J connectivity index is 1.54. The first-order valence-corrected chi connectivity index (χ1v) is 9.39. The van der Waals surface area contributed by atoms with Crippen LogP contribution in [0.4, 0.5) is 11.4 Å². The van der Waals surface area contributed by atoms with Gasteiger partial charge in [-0.25, -0.2) is 0 Å². The van der Waals surface area contributed by atoms with Crippen molar-refractivity contribution in [3.63, 3.8) is 0 Å². The van der Waals surface area contributed by atoms with Gasteiger partial charge in [0.15, 0.2) is 6.61 Å². The number of anilines is 2. The van der Waals surface area contributed by atoms with Gasteiger partial charge in [-0.1, -0.05) is 29.8 Å². The van der Waals surface area contributed by atoms with Crippen LogP contribution in [0.5, 0.6) is 5.75 Å². The molecule has 0 aliphatic heterocycles. The monoisotopic (exact) mass is 388 g/mol. The van der Waals surface area contributed by atoms with Crippen molar-refractivity contribution in [3.05, 3.63) is 89.0 Å². The summed E-state index contributed by atoms with van der Waals surface area (Å²) in [5, 5.41) is 5.64. The Morgan fingerprint density at radius 1 is 0.828 bits per heavy atom. The van der Waals surface area contributed by atoms with E-state index in [1.807, 2.05) is 57.2 Å². The van der Waals surface area contributed by atoms with E-state index >= 15 is 0 Å². The molecule has 148 valence electrons. The van der Waals surface area contributed by atoms with E-state index in [4.69, 9.17) is 4.74 Å². The fraction of sp³-hybridized carbons (Fsp3) is 0.167. The van der Waals surface area contributed by atoms with Crippen LogP contribution in [0.25, 0.3) is 0 Å². The molecule has 29 heavy (non-hydrogen) atoms. The predicted molar refractivity (Wildman–Crippen MR) is 116 cm³/mol. The number of nitrogens with one attached hydrogen (secondary N) is 2. The van der Waals surface area contributed by atoms with Gasteiger partial charge in [-0.2, -0.15) is 0 Å². The normalized spacial score (nSPS) is 10.3. The lowest BCUT2D eigenvalue weighted by Crippen LogP contribution is -2.20. The third kappa shape index (κ3) is 5.45. The van der Waals surface area contributed by atoms with E-state index in [0.29, 0.717) is 22.7 Å². The number of ether oxygens (including phenoxy) is 1. The van der Waals surface area contributed by atoms with Crippen LogP contribution in [0.2, 0.25) is 0 Å². The summed E-state index contributed by atoms with van der Waals surface area (Å²) in [6.07, 6.45) is 0. The topological polar surface area (TPSA) is 67.4 Å². The Morgan fingerprint density at radius 2 is 1.48 bits per heavy atom. The van der Waals surface area contributed by atoms with Crippen molar-refractivity contribution >= 4 is 23.2 Å². The highest BCUT2D eigenvalue weighted by Crippen LogP contribution is 2.20. The minimum absolute atomic E-state index is 0.0733. The number of amides is 2. The van der Waals surface area contributed by atoms with E-state index in [-0.39, 0.29) is 18.4 Å². The molecule has 3 rings (SSSR count). The number of rotatable bonds is 6. The fourth-order valence-corrected chi connectivity index (χ4v) is 2.85. The van der Waals surface area contributed by atoms with Gasteiger partial charge in [0.2, 0.25) is 0 Å². The van der Waals surface area contributed by atoms with E-state index in [9.17, 15) is 9.59 Å². The Kier molecular flexibility index (Phi) is 6.29. The summed E-state index contributed by atoms with van der Waals surface area (Å²) in [5.74, 6) is 0.282. The molecule has 0 spiro atoms. The summed E-state index contributed by atoms with van der Waals surface area (Å²) in [4.78, 5) is 24.5. The molecule has 0 heterocycles. The van der Waals surface area contributed by atoms with Crippen molar-refractivity contribution in [2.75, 3.05) is 17.2 Å². The third-order valence-electron chi connectivity index (χ3n) is 4.62. The fourth-order valence-electron chi connectivity index (χ4n) is 2.85. The Morgan fingerprint density at radius 3 is 2.17 bits per heavy atom. The quantitative estimate of drug-likeness (QED) is 0.632. The summed E-state index contributed by atoms with van der Waals surface area (Å²) >= 11 is 0. The largest absolute Gasteiger partial charge is 0.483 e. The van der Waals surface area contributed by atoms with Crippen LogP contribution < -0.4 is 15.4 Å². The van der Waals surface area contributed by atoms with Gasteiger partial charge >= 0.3 is 0 Å². The molecule has 0 unspecified atom stereocenters. The second-order valence-electron chi connectivity index (χ2n) is 6.94. The summed E-state index contributed by atoms with van der Waals surface area (Å²) in [7, 11) is 0. The van der Waals surface area contributed by atoms with Gasteiger partial charge < -0.3 is 15.4 Å². The molecule has 2 N–H and O–H groups in total. The van der Waals surface area contributed by atoms with Crippen LogP contribution in [0.1, 0.15) is 27.0 Å². The molecule has 0 bridgehead atoms. The van der Waals surface area contributed by atoms with Crippen LogP contribution in [0.3, 0.4) is 0 Å². The van der Waals surface area contributed by atoms with Gasteiger partial charge in [-0.15, -0.1) is 0 Å². The predicted octanol–water partition coefficient (Wildman–Crippen LogP) is 4.88. The molecule has 0 aliphatic rings. The average molecular weight is 388 g/mol. The van der Waals surface area contributed by atoms with E-state index in [1.165, 1.54) is 0 Å². The van der Waals surface area contributed by atoms with Gasteiger partial charge in [-0.3, -0.25) is 9.59 Å². The highest BCUT2D eigenvalue weighted by Gasteiger charge is 2.08. The number of aryl methyl sites for hydroxylation is 2. The van der Waals surface area contributed by atoms with Crippen LogP contribution >= 0.6 is 0 Å². The van der Waals surface area contributed by atoms with Crippen LogP contribution in [0.15, 0.2) is 66.7 Å². The molecule has 0 aromatic heterocycles. The lowest BCUT2D eigenvalue weighted by Gasteiger charge is -2.11. The molecule has 3 aromatic carbocycles. The molecule has 2 amide bonds. The zero-order chi connectivity index (χ0) is 20.8. The molecule has 0 aliphatic carbocycles. The second-order valence-corrected chi connectivity index (χ2v) is 6.94. The van der Waals surface area contributed by atoms with Crippen molar-refractivity contribution in [2.24, 2.45) is 0 Å². The maximum atomic E-state index is 12.3. The summed E-state index contributed by atoms with van der Waals surface area (Å²) in [5.41, 5.74) is 5.05. The van der Waals surface area contributed by atoms with Gasteiger partial charge in [-0.05, 0) is 74.4 Å². The summed E-state index contributed by atoms with van der Waals surface area (Å²) in [6.45, 7) is 5.84. The number of carbonyl (C=O) groups excluding carboxylic acids is 2. The van der Waals surface area contributed by atoms with Crippen LogP contribution in [-0.4, -0.2) is 18.4 Å². The van der Waals surface area contributed by atoms with Crippen molar-refractivity contribution in [3.8, 4) is 5.75 Å². The van der Waals surface area contributed by atoms with Gasteiger partial charge in [0.05, 0.1) is 0 Å². The number of hydrogen-bond donors (Lipinski definition) is 2. The molecular weight excluding hydrogens is 364 g/mol. The molecule has 0 atom stereocenters. The number of carbonyl (C=O) groups is 2. The average Bonchev–Trinajstić information content (AvgIpc) is 2.70. The van der Waals surface area contributed by atoms with Crippen molar-refractivity contribution in [1.82, 2.24) is 0 Å². The van der Waals surface area contributed by atoms with Gasteiger partial charge in [0.1, 0.15) is 5.75 Å². The summed E-state index contributed by atoms with van der Waals surface area (Å²) < 4.78 is 5.62. The van der Waals surface area contributed by atoms with E-state index in [0.717, 1.165) is 16.7 Å². The number of benzene rings is 3. The molecule has 5 nitrogen and oxygen atoms in total. The van der Waals surface area contributed by atoms with Crippen molar-refractivity contribution < 1.29 is 14.3 Å². The lowest BCUT2D eigenvalue weighted by atomic mass is 10.1. The van der Waals surface area contributed by atoms with Crippen molar-refractivity contribution in [1.29, 1.82) is 0 Å². The Hall–Kier alpha value is -3.60. The van der Waals surface area contributed by atoms with Crippen molar-refractivity contribution in [2.45, 2.75) is 20.8 Å². The molecule has 0 radical (unpaired) electrons. The first kappa shape index (κ1) is 20.1. The highest BCUT2D eigenvalue weighted by molar-refractivity contribution is 6.04. The lowest BCUT2D eigenvalue weighted by molar-refractivity contribution is -0.118. The Bertz CT molecular complexity index is 1030. The smallest absolute Gasteiger partial charge is 0.262 e. The first-order valence-electron chi connectivity index (χ1n) is 9.39. The molecule has 0 fully saturated rings. The standard InChI is InChI=1S/C24H24N2O3/c1-16-6-4-8-19(14-16)24(28)26-21-12-10-20(11-13-21)25-23(27)15-29-22-9-5-7-17(2)18(22)3/h4-14H,15H2,1-3H3,(H,25,27)(H,26,28). The van der Waals surface area contributed by atoms with E-state index in [2.05, 4.69) is 10.6 Å². The first-order chi connectivity index (χ1) is 13.9. The summed E-state index contributed by atoms with van der Waals surface area (Å²) in [6, 6.07) is 20.1. The molecule has 0 saturated heterocycles. The minimum Gasteiger partial charge on any atom is -0.483 e. The van der Waals surface area contributed by atoms with Crippen LogP contribution in [-0.2, 0) is 4.79 Å². The highest BCUT2D eigenvalue weighted by atomic mass is 16.5. The molecule has 3 aromatic rings. The zero-order valence-corrected chi connectivity index (χ0v) is 16.8. The zero-order valence-electron chi connectivity index (χ0n) is 16.8. The van der Waals surface area contributed by atoms with Crippen LogP contribution in [0, 0.1) is 20.8 Å². The van der Waals surface area contributed by atoms with E-state index in [1.54, 1.807) is 30.3 Å². The van der Waals surface area contributed by atoms with Gasteiger partial charge in [0.25, 0.3) is 11.8 Å². The number of hydrogen-bond acceptors (Lipinski definition) is 3. The van der Waals surface area contributed by atoms with E-state index < -0.39 is 0 Å². The molecular formula is C24H24N2O3. The van der Waals surface area contributed by atoms with Gasteiger partial charge in [0, 0.05) is 16.9 Å². The second kappa shape index (κ2) is 9.06. The Labute approximate surface area is 170 Å². The molecule has 0 saturated carbocycles.